The maximum atomic E-state index is 13.1. The van der Waals surface area contributed by atoms with Gasteiger partial charge in [-0.2, -0.15) is 0 Å². The summed E-state index contributed by atoms with van der Waals surface area (Å²) >= 11 is 7.60. The molecule has 0 unspecified atom stereocenters. The summed E-state index contributed by atoms with van der Waals surface area (Å²) in [6.07, 6.45) is 2.96. The third kappa shape index (κ3) is 4.13. The average Bonchev–Trinajstić information content (AvgIpc) is 3.38. The summed E-state index contributed by atoms with van der Waals surface area (Å²) in [5.41, 5.74) is 2.81. The van der Waals surface area contributed by atoms with Gasteiger partial charge in [-0.05, 0) is 47.5 Å². The summed E-state index contributed by atoms with van der Waals surface area (Å²) in [5.74, 6) is -0.117. The molecule has 0 saturated carbocycles. The van der Waals surface area contributed by atoms with Crippen LogP contribution in [0.3, 0.4) is 0 Å². The van der Waals surface area contributed by atoms with E-state index in [4.69, 9.17) is 16.3 Å². The number of rotatable bonds is 5. The molecule has 0 radical (unpaired) electrons. The van der Waals surface area contributed by atoms with Crippen LogP contribution in [0.1, 0.15) is 52.3 Å². The normalized spacial score (nSPS) is 20.8. The van der Waals surface area contributed by atoms with Gasteiger partial charge >= 0.3 is 0 Å². The maximum Gasteiger partial charge on any atom is 0.265 e. The highest BCUT2D eigenvalue weighted by atomic mass is 35.5. The van der Waals surface area contributed by atoms with Crippen molar-refractivity contribution in [2.75, 3.05) is 13.1 Å². The van der Waals surface area contributed by atoms with E-state index in [2.05, 4.69) is 22.4 Å². The fourth-order valence-electron chi connectivity index (χ4n) is 5.40. The van der Waals surface area contributed by atoms with Gasteiger partial charge in [0.15, 0.2) is 0 Å². The summed E-state index contributed by atoms with van der Waals surface area (Å²) in [5, 5.41) is 5.48. The molecular weight excluding hydrogens is 470 g/mol. The fourth-order valence-corrected chi connectivity index (χ4v) is 6.50. The minimum absolute atomic E-state index is 0.0227. The van der Waals surface area contributed by atoms with Gasteiger partial charge in [0.1, 0.15) is 4.88 Å². The number of ether oxygens (including phenoxy) is 1. The molecule has 1 aliphatic heterocycles. The molecule has 1 N–H and O–H groups in total. The van der Waals surface area contributed by atoms with E-state index in [1.807, 2.05) is 40.6 Å². The van der Waals surface area contributed by atoms with Crippen LogP contribution in [0, 0.1) is 0 Å². The molecule has 176 valence electrons. The smallest absolute Gasteiger partial charge is 0.265 e. The highest BCUT2D eigenvalue weighted by molar-refractivity contribution is 7.12. The first-order valence-corrected chi connectivity index (χ1v) is 12.7. The van der Waals surface area contributed by atoms with E-state index in [9.17, 15) is 9.59 Å². The maximum absolute atomic E-state index is 13.1. The van der Waals surface area contributed by atoms with E-state index in [-0.39, 0.29) is 29.4 Å². The third-order valence-electron chi connectivity index (χ3n) is 6.93. The number of nitrogens with zero attached hydrogens (tertiary/aromatic N) is 2. The second-order valence-electron chi connectivity index (χ2n) is 8.86. The Kier molecular flexibility index (Phi) is 6.42. The number of nitrogens with one attached hydrogen (secondary N) is 1. The van der Waals surface area contributed by atoms with Crippen LogP contribution in [0.4, 0.5) is 0 Å². The van der Waals surface area contributed by atoms with Crippen molar-refractivity contribution in [1.29, 1.82) is 0 Å². The molecule has 1 fully saturated rings. The van der Waals surface area contributed by atoms with Crippen LogP contribution < -0.4 is 5.32 Å². The second kappa shape index (κ2) is 9.49. The number of likely N-dealkylation sites (tertiary alicyclic amines) is 1. The van der Waals surface area contributed by atoms with Crippen LogP contribution in [-0.4, -0.2) is 40.9 Å². The lowest BCUT2D eigenvalue weighted by Gasteiger charge is -2.44. The van der Waals surface area contributed by atoms with Crippen molar-refractivity contribution in [3.05, 3.63) is 86.8 Å². The van der Waals surface area contributed by atoms with Crippen LogP contribution in [0.5, 0.6) is 0 Å². The number of carbonyl (C=O) groups is 2. The topological polar surface area (TPSA) is 71.5 Å². The van der Waals surface area contributed by atoms with Crippen molar-refractivity contribution in [1.82, 2.24) is 15.2 Å². The molecule has 1 aromatic carbocycles. The first-order chi connectivity index (χ1) is 16.5. The number of benzene rings is 1. The van der Waals surface area contributed by atoms with Gasteiger partial charge in [-0.1, -0.05) is 41.9 Å². The summed E-state index contributed by atoms with van der Waals surface area (Å²) in [6, 6.07) is 15.5. The Morgan fingerprint density at radius 3 is 2.62 bits per heavy atom. The first-order valence-electron chi connectivity index (χ1n) is 11.4. The standard InChI is InChI=1S/C26H26ClN3O3S/c1-17(31)29-22-19-7-2-3-8-20(19)26(24(22)33-16-18-6-4-5-12-28-18)10-13-30(14-11-26)25(32)23-21(27)9-15-34-23/h2-9,12,15,22,24H,10-11,13-14,16H2,1H3,(H,29,31)/t22-,24+/m1/s1. The quantitative estimate of drug-likeness (QED) is 0.554. The fraction of sp³-hybridized carbons (Fsp3) is 0.346. The van der Waals surface area contributed by atoms with E-state index < -0.39 is 0 Å². The number of amides is 2. The molecule has 1 spiro atoms. The van der Waals surface area contributed by atoms with E-state index in [0.29, 0.717) is 29.6 Å². The predicted octanol–water partition coefficient (Wildman–Crippen LogP) is 4.75. The number of carbonyl (C=O) groups excluding carboxylic acids is 2. The summed E-state index contributed by atoms with van der Waals surface area (Å²) in [6.45, 7) is 3.08. The van der Waals surface area contributed by atoms with Crippen molar-refractivity contribution in [3.8, 4) is 0 Å². The van der Waals surface area contributed by atoms with Crippen LogP contribution >= 0.6 is 22.9 Å². The van der Waals surface area contributed by atoms with Gasteiger partial charge < -0.3 is 15.0 Å². The molecule has 2 aromatic heterocycles. The number of hydrogen-bond donors (Lipinski definition) is 1. The van der Waals surface area contributed by atoms with Crippen LogP contribution in [0.15, 0.2) is 60.1 Å². The van der Waals surface area contributed by atoms with E-state index in [1.54, 1.807) is 12.3 Å². The van der Waals surface area contributed by atoms with E-state index in [0.717, 1.165) is 24.1 Å². The Hall–Kier alpha value is -2.74. The molecule has 1 aliphatic carbocycles. The summed E-state index contributed by atoms with van der Waals surface area (Å²) in [7, 11) is 0. The summed E-state index contributed by atoms with van der Waals surface area (Å²) < 4.78 is 6.57. The molecule has 34 heavy (non-hydrogen) atoms. The Balaban J connectivity index is 1.45. The second-order valence-corrected chi connectivity index (χ2v) is 10.2. The Morgan fingerprint density at radius 1 is 1.18 bits per heavy atom. The lowest BCUT2D eigenvalue weighted by Crippen LogP contribution is -2.51. The van der Waals surface area contributed by atoms with Crippen molar-refractivity contribution < 1.29 is 14.3 Å². The average molecular weight is 496 g/mol. The predicted molar refractivity (Wildman–Crippen MR) is 132 cm³/mol. The molecule has 1 saturated heterocycles. The lowest BCUT2D eigenvalue weighted by molar-refractivity contribution is -0.122. The van der Waals surface area contributed by atoms with Crippen LogP contribution in [0.25, 0.3) is 0 Å². The SMILES string of the molecule is CC(=O)N[C@@H]1c2ccccc2C2(CCN(C(=O)c3sccc3Cl)CC2)[C@H]1OCc1ccccn1. The number of piperidine rings is 1. The van der Waals surface area contributed by atoms with Crippen LogP contribution in [-0.2, 0) is 21.6 Å². The van der Waals surface area contributed by atoms with Crippen molar-refractivity contribution in [3.63, 3.8) is 0 Å². The Labute approximate surface area is 207 Å². The molecule has 0 bridgehead atoms. The van der Waals surface area contributed by atoms with Gasteiger partial charge in [-0.25, -0.2) is 0 Å². The number of thiophene rings is 1. The largest absolute Gasteiger partial charge is 0.368 e. The lowest BCUT2D eigenvalue weighted by atomic mass is 9.71. The zero-order chi connectivity index (χ0) is 23.7. The molecule has 8 heteroatoms. The van der Waals surface area contributed by atoms with Gasteiger partial charge in [0, 0.05) is 31.6 Å². The van der Waals surface area contributed by atoms with Gasteiger partial charge in [-0.15, -0.1) is 11.3 Å². The Bertz CT molecular complexity index is 1190. The van der Waals surface area contributed by atoms with Gasteiger partial charge in [0.2, 0.25) is 5.91 Å². The molecule has 2 amide bonds. The number of hydrogen-bond acceptors (Lipinski definition) is 5. The molecule has 3 aromatic rings. The molecule has 3 heterocycles. The zero-order valence-electron chi connectivity index (χ0n) is 18.9. The number of halogens is 1. The summed E-state index contributed by atoms with van der Waals surface area (Å²) in [4.78, 5) is 32.1. The van der Waals surface area contributed by atoms with Crippen LogP contribution in [0.2, 0.25) is 5.02 Å². The van der Waals surface area contributed by atoms with E-state index >= 15 is 0 Å². The minimum Gasteiger partial charge on any atom is -0.368 e. The van der Waals surface area contributed by atoms with Crippen molar-refractivity contribution >= 4 is 34.8 Å². The minimum atomic E-state index is -0.311. The molecule has 2 aliphatic rings. The number of aromatic nitrogens is 1. The molecule has 6 nitrogen and oxygen atoms in total. The first kappa shape index (κ1) is 23.0. The van der Waals surface area contributed by atoms with Gasteiger partial charge in [0.25, 0.3) is 5.91 Å². The zero-order valence-corrected chi connectivity index (χ0v) is 20.4. The Morgan fingerprint density at radius 2 is 1.94 bits per heavy atom. The molecule has 5 rings (SSSR count). The monoisotopic (exact) mass is 495 g/mol. The van der Waals surface area contributed by atoms with Gasteiger partial charge in [0.05, 0.1) is 29.5 Å². The third-order valence-corrected chi connectivity index (χ3v) is 8.26. The molecule has 2 atom stereocenters. The highest BCUT2D eigenvalue weighted by Gasteiger charge is 2.54. The van der Waals surface area contributed by atoms with Crippen molar-refractivity contribution in [2.45, 2.75) is 43.9 Å². The number of fused-ring (bicyclic) bond motifs is 2. The van der Waals surface area contributed by atoms with E-state index in [1.165, 1.54) is 23.8 Å². The highest BCUT2D eigenvalue weighted by Crippen LogP contribution is 2.52. The van der Waals surface area contributed by atoms with Crippen molar-refractivity contribution in [2.24, 2.45) is 0 Å². The van der Waals surface area contributed by atoms with Gasteiger partial charge in [-0.3, -0.25) is 14.6 Å². The molecular formula is C26H26ClN3O3S. The number of pyridine rings is 1.